The van der Waals surface area contributed by atoms with Gasteiger partial charge in [-0.3, -0.25) is 33.6 Å². The van der Waals surface area contributed by atoms with Gasteiger partial charge in [-0.25, -0.2) is 0 Å². The zero-order valence-electron chi connectivity index (χ0n) is 74.2. The van der Waals surface area contributed by atoms with Crippen molar-refractivity contribution in [2.24, 2.45) is 94.2 Å². The zero-order valence-corrected chi connectivity index (χ0v) is 75.0. The number of allylic oxidation sites excluding steroid dienone is 5. The molecule has 17 heteroatoms. The van der Waals surface area contributed by atoms with Crippen LogP contribution in [0.4, 0.5) is 0 Å². The van der Waals surface area contributed by atoms with Gasteiger partial charge in [-0.05, 0) is 127 Å². The minimum atomic E-state index is -0.407. The molecule has 16 nitrogen and oxygen atoms in total. The number of benzene rings is 1. The van der Waals surface area contributed by atoms with E-state index in [0.717, 1.165) is 63.2 Å². The van der Waals surface area contributed by atoms with Gasteiger partial charge in [0, 0.05) is 32.0 Å². The predicted molar refractivity (Wildman–Crippen MR) is 455 cm³/mol. The molecule has 1 aromatic rings. The van der Waals surface area contributed by atoms with Gasteiger partial charge in [0.2, 0.25) is 0 Å². The summed E-state index contributed by atoms with van der Waals surface area (Å²) in [6, 6.07) is 9.99. The van der Waals surface area contributed by atoms with Gasteiger partial charge in [0.15, 0.2) is 0 Å². The Bertz CT molecular complexity index is 2710. The lowest BCUT2D eigenvalue weighted by Crippen LogP contribution is -2.37. The Labute approximate surface area is 666 Å². The molecule has 0 bridgehead atoms. The van der Waals surface area contributed by atoms with Crippen LogP contribution >= 0.6 is 11.8 Å². The Kier molecular flexibility index (Phi) is 66.8. The highest BCUT2D eigenvalue weighted by Crippen LogP contribution is 2.39. The fourth-order valence-electron chi connectivity index (χ4n) is 11.1. The van der Waals surface area contributed by atoms with Crippen LogP contribution in [0.1, 0.15) is 243 Å². The lowest BCUT2D eigenvalue weighted by Gasteiger charge is -2.35. The van der Waals surface area contributed by atoms with Crippen LogP contribution in [0.2, 0.25) is 0 Å². The van der Waals surface area contributed by atoms with Crippen LogP contribution in [0.5, 0.6) is 0 Å². The molecule has 0 heterocycles. The third kappa shape index (κ3) is 50.7. The average molecular weight is 1540 g/mol. The lowest BCUT2D eigenvalue weighted by atomic mass is 9.72. The monoisotopic (exact) mass is 1540 g/mol. The van der Waals surface area contributed by atoms with E-state index in [9.17, 15) is 33.6 Å². The zero-order chi connectivity index (χ0) is 85.2. The average Bonchev–Trinajstić information content (AvgIpc) is 0.856. The highest BCUT2D eigenvalue weighted by atomic mass is 32.2. The minimum Gasteiger partial charge on any atom is -0.469 e. The van der Waals surface area contributed by atoms with E-state index in [4.69, 9.17) is 33.2 Å². The van der Waals surface area contributed by atoms with Gasteiger partial charge in [0.25, 0.3) is 0 Å². The van der Waals surface area contributed by atoms with Crippen molar-refractivity contribution in [2.75, 3.05) is 76.0 Å². The number of esters is 7. The molecule has 0 N–H and O–H groups in total. The second kappa shape index (κ2) is 62.6. The molecule has 0 fully saturated rings. The highest BCUT2D eigenvalue weighted by Gasteiger charge is 2.35. The van der Waals surface area contributed by atoms with Gasteiger partial charge in [-0.2, -0.15) is 11.8 Å². The highest BCUT2D eigenvalue weighted by molar-refractivity contribution is 7.98. The normalized spacial score (nSPS) is 13.4. The first kappa shape index (κ1) is 115. The summed E-state index contributed by atoms with van der Waals surface area (Å²) in [5.74, 6) is 4.47. The Morgan fingerprint density at radius 1 is 0.389 bits per heavy atom. The molecule has 0 saturated heterocycles. The standard InChI is InChI=1S/C15H20O2.C13H24O3.2C13H24O2.C12H22O3.C12H22O2S.C12H22O2.CH4/c1-11(2)12(3)14(10-15(16)17-4)13-8-6-5-7-9-13;1-9(2)10(3)11(8-12(14)15-6)13(4,5)16-7;1-9(2)10(3)11(13(4,5)6)8-12(14)15-7;1-7-10(4)12(8-13(14)15-6)11(5)9(2)3;1-8(2)9(3)11(10(4)14-5)7-12(13)15-6;1-9(2)10(3)11(6-7-15-5)8-12(13)14-4;1-8(2)10(5)11(9(3)4)7-12(13)14-6;/h5-9,11,14H,3,10H2,1-2,4H3;9,11H,3,8H2,1-2,4-7H3;9,11H,3,8H2,1-2,4-7H3;9-10,12H,5,7-8H2,1-4,6H3;8,10-11H,3,7H2,1-2,4-6H3;9,11H,3,6-8H2,1-2,4-5H3;8-9,11H,5,7H2,1-4,6H3;1H4. The number of methoxy groups -OCH3 is 9. The molecule has 0 aliphatic carbocycles. The molecule has 0 spiro atoms. The number of carbonyl (C=O) groups excluding carboxylic acids is 7. The largest absolute Gasteiger partial charge is 0.469 e. The number of hydrogen-bond donors (Lipinski definition) is 0. The summed E-state index contributed by atoms with van der Waals surface area (Å²) in [6.45, 7) is 78.7. The van der Waals surface area contributed by atoms with Crippen LogP contribution in [0.15, 0.2) is 115 Å². The second-order valence-corrected chi connectivity index (χ2v) is 32.7. The second-order valence-electron chi connectivity index (χ2n) is 31.7. The van der Waals surface area contributed by atoms with E-state index in [1.807, 2.05) is 51.1 Å². The molecule has 0 aliphatic rings. The molecular formula is C91H162O16S. The Balaban J connectivity index is -0.000000220. The van der Waals surface area contributed by atoms with Crippen molar-refractivity contribution in [3.05, 3.63) is 121 Å². The van der Waals surface area contributed by atoms with E-state index in [1.165, 1.54) is 49.8 Å². The summed E-state index contributed by atoms with van der Waals surface area (Å²) in [4.78, 5) is 79.2. The third-order valence-corrected chi connectivity index (χ3v) is 20.8. The molecular weight excluding hydrogens is 1380 g/mol. The van der Waals surface area contributed by atoms with Crippen molar-refractivity contribution >= 4 is 53.5 Å². The maximum atomic E-state index is 11.5. The fourth-order valence-corrected chi connectivity index (χ4v) is 11.6. The van der Waals surface area contributed by atoms with Gasteiger partial charge in [0.05, 0.1) is 106 Å². The summed E-state index contributed by atoms with van der Waals surface area (Å²) in [5, 5.41) is 0. The third-order valence-electron chi connectivity index (χ3n) is 20.1. The quantitative estimate of drug-likeness (QED) is 0.0342. The van der Waals surface area contributed by atoms with E-state index >= 15 is 0 Å². The summed E-state index contributed by atoms with van der Waals surface area (Å²) in [6.07, 6.45) is 6.94. The molecule has 628 valence electrons. The molecule has 0 aliphatic heterocycles. The van der Waals surface area contributed by atoms with E-state index in [1.54, 1.807) is 26.0 Å². The molecule has 0 saturated carbocycles. The van der Waals surface area contributed by atoms with Gasteiger partial charge in [-0.15, -0.1) is 0 Å². The van der Waals surface area contributed by atoms with Crippen molar-refractivity contribution in [3.63, 3.8) is 0 Å². The minimum absolute atomic E-state index is 0. The van der Waals surface area contributed by atoms with Gasteiger partial charge >= 0.3 is 41.8 Å². The topological polar surface area (TPSA) is 203 Å². The van der Waals surface area contributed by atoms with Crippen molar-refractivity contribution in [1.29, 1.82) is 0 Å². The van der Waals surface area contributed by atoms with Gasteiger partial charge in [0.1, 0.15) is 0 Å². The van der Waals surface area contributed by atoms with Crippen LogP contribution in [0.25, 0.3) is 0 Å². The van der Waals surface area contributed by atoms with Crippen molar-refractivity contribution in [3.8, 4) is 0 Å². The van der Waals surface area contributed by atoms with Crippen molar-refractivity contribution < 1.29 is 76.2 Å². The summed E-state index contributed by atoms with van der Waals surface area (Å²) in [7, 11) is 13.2. The Hall–Kier alpha value is -6.04. The number of hydrogen-bond acceptors (Lipinski definition) is 17. The van der Waals surface area contributed by atoms with Gasteiger partial charge < -0.3 is 42.6 Å². The summed E-state index contributed by atoms with van der Waals surface area (Å²) in [5.41, 5.74) is 8.50. The Morgan fingerprint density at radius 2 is 0.694 bits per heavy atom. The van der Waals surface area contributed by atoms with E-state index in [2.05, 4.69) is 207 Å². The summed E-state index contributed by atoms with van der Waals surface area (Å²) < 4.78 is 43.7. The first-order chi connectivity index (χ1) is 49.3. The van der Waals surface area contributed by atoms with E-state index in [-0.39, 0.29) is 102 Å². The number of ether oxygens (including phenoxy) is 9. The molecule has 0 amide bonds. The molecule has 9 atom stereocenters. The maximum absolute atomic E-state index is 11.5. The smallest absolute Gasteiger partial charge is 0.306 e. The first-order valence-electron chi connectivity index (χ1n) is 38.2. The van der Waals surface area contributed by atoms with Crippen LogP contribution in [0, 0.1) is 94.2 Å². The maximum Gasteiger partial charge on any atom is 0.306 e. The Morgan fingerprint density at radius 3 is 1.01 bits per heavy atom. The molecule has 108 heavy (non-hydrogen) atoms. The number of carbonyl (C=O) groups is 7. The molecule has 0 radical (unpaired) electrons. The van der Waals surface area contributed by atoms with E-state index in [0.29, 0.717) is 98.2 Å². The first-order valence-corrected chi connectivity index (χ1v) is 39.6. The summed E-state index contributed by atoms with van der Waals surface area (Å²) >= 11 is 1.80. The predicted octanol–water partition coefficient (Wildman–Crippen LogP) is 22.4. The van der Waals surface area contributed by atoms with Crippen LogP contribution in [0.3, 0.4) is 0 Å². The van der Waals surface area contributed by atoms with E-state index < -0.39 is 5.60 Å². The lowest BCUT2D eigenvalue weighted by molar-refractivity contribution is -0.144. The van der Waals surface area contributed by atoms with Gasteiger partial charge in [-0.1, -0.05) is 275 Å². The van der Waals surface area contributed by atoms with Crippen LogP contribution < -0.4 is 0 Å². The van der Waals surface area contributed by atoms with Crippen LogP contribution in [-0.4, -0.2) is 129 Å². The van der Waals surface area contributed by atoms with Crippen LogP contribution in [-0.2, 0) is 76.2 Å². The molecule has 0 aromatic heterocycles. The molecule has 9 unspecified atom stereocenters. The number of rotatable bonds is 39. The number of thioether (sulfide) groups is 1. The van der Waals surface area contributed by atoms with Crippen molar-refractivity contribution in [2.45, 2.75) is 249 Å². The fraction of sp³-hybridized carbons (Fsp3) is 0.703. The molecule has 1 aromatic carbocycles. The van der Waals surface area contributed by atoms with Crippen molar-refractivity contribution in [1.82, 2.24) is 0 Å². The molecule has 1 rings (SSSR count). The SMILES string of the molecule is C.C=C(C(C)C)C(CC(=O)OC)C(C)(C)C.C=C(C(C)C)C(CC(=O)OC)C(C)(C)OC.C=C(C(C)C)C(CC(=O)OC)C(C)C.C=C(C(C)C)C(CC(=O)OC)C(C)CC.C=C(C(C)C)C(CC(=O)OC)C(C)OC.C=C(C(C)C)C(CC(=O)OC)c1ccccc1.C=C(C(C)C)C(CCSC)CC(=O)OC.